The Morgan fingerprint density at radius 1 is 1.33 bits per heavy atom. The molecule has 0 heterocycles. The number of hydrogen-bond acceptors (Lipinski definition) is 3. The third-order valence-corrected chi connectivity index (χ3v) is 3.21. The molecular weight excluding hydrogens is 288 g/mol. The van der Waals surface area contributed by atoms with Gasteiger partial charge in [0.2, 0.25) is 0 Å². The largest absolute Gasteiger partial charge is 0.496 e. The summed E-state index contributed by atoms with van der Waals surface area (Å²) in [5.41, 5.74) is 6.11. The van der Waals surface area contributed by atoms with Gasteiger partial charge in [-0.25, -0.2) is 4.39 Å². The number of ether oxygens (including phenoxy) is 1. The molecule has 2 N–H and O–H groups in total. The normalized spacial score (nSPS) is 13.5. The van der Waals surface area contributed by atoms with Gasteiger partial charge in [-0.2, -0.15) is 13.2 Å². The van der Waals surface area contributed by atoms with Crippen LogP contribution < -0.4 is 10.5 Å². The number of nitrogens with two attached hydrogens (primary N) is 1. The first-order chi connectivity index (χ1) is 9.78. The summed E-state index contributed by atoms with van der Waals surface area (Å²) in [5.74, 6) is -0.206. The molecule has 0 amide bonds. The number of benzene rings is 1. The molecule has 1 atom stereocenters. The molecule has 0 fully saturated rings. The van der Waals surface area contributed by atoms with Crippen LogP contribution in [0, 0.1) is 5.82 Å². The van der Waals surface area contributed by atoms with Gasteiger partial charge in [-0.3, -0.25) is 4.90 Å². The van der Waals surface area contributed by atoms with Gasteiger partial charge >= 0.3 is 6.18 Å². The van der Waals surface area contributed by atoms with Crippen LogP contribution in [0.4, 0.5) is 17.6 Å². The molecule has 0 aliphatic rings. The molecule has 1 aromatic rings. The second-order valence-electron chi connectivity index (χ2n) is 4.73. The van der Waals surface area contributed by atoms with Gasteiger partial charge in [0.1, 0.15) is 11.6 Å². The molecule has 1 aromatic carbocycles. The zero-order valence-electron chi connectivity index (χ0n) is 12.1. The second-order valence-corrected chi connectivity index (χ2v) is 4.73. The molecule has 3 nitrogen and oxygen atoms in total. The van der Waals surface area contributed by atoms with E-state index < -0.39 is 24.6 Å². The Morgan fingerprint density at radius 3 is 2.52 bits per heavy atom. The number of rotatable bonds is 7. The molecule has 21 heavy (non-hydrogen) atoms. The van der Waals surface area contributed by atoms with E-state index in [1.807, 2.05) is 0 Å². The van der Waals surface area contributed by atoms with Gasteiger partial charge in [0.25, 0.3) is 0 Å². The standard InChI is InChI=1S/C14H20F4N2O/c1-3-20(9-14(16,17)18)8-7-11(19)13-10(15)5-4-6-12(13)21-2/h4-6,11H,3,7-9,19H2,1-2H3. The summed E-state index contributed by atoms with van der Waals surface area (Å²) in [6.07, 6.45) is -4.04. The molecule has 0 radical (unpaired) electrons. The van der Waals surface area contributed by atoms with E-state index in [1.165, 1.54) is 24.1 Å². The zero-order chi connectivity index (χ0) is 16.0. The van der Waals surface area contributed by atoms with E-state index in [9.17, 15) is 17.6 Å². The van der Waals surface area contributed by atoms with Gasteiger partial charge in [0.05, 0.1) is 13.7 Å². The van der Waals surface area contributed by atoms with Gasteiger partial charge in [-0.05, 0) is 25.1 Å². The van der Waals surface area contributed by atoms with Crippen LogP contribution in [0.5, 0.6) is 5.75 Å². The molecule has 0 spiro atoms. The molecule has 0 aliphatic carbocycles. The molecule has 120 valence electrons. The molecule has 0 aliphatic heterocycles. The average Bonchev–Trinajstić information content (AvgIpc) is 2.41. The number of methoxy groups -OCH3 is 1. The van der Waals surface area contributed by atoms with E-state index in [2.05, 4.69) is 0 Å². The Balaban J connectivity index is 2.71. The molecule has 0 saturated heterocycles. The van der Waals surface area contributed by atoms with E-state index in [-0.39, 0.29) is 25.1 Å². The Bertz CT molecular complexity index is 451. The van der Waals surface area contributed by atoms with Crippen molar-refractivity contribution in [2.24, 2.45) is 5.73 Å². The van der Waals surface area contributed by atoms with E-state index >= 15 is 0 Å². The molecule has 1 rings (SSSR count). The van der Waals surface area contributed by atoms with E-state index in [0.717, 1.165) is 0 Å². The van der Waals surface area contributed by atoms with Crippen molar-refractivity contribution in [3.63, 3.8) is 0 Å². The predicted octanol–water partition coefficient (Wildman–Crippen LogP) is 3.11. The average molecular weight is 308 g/mol. The highest BCUT2D eigenvalue weighted by Gasteiger charge is 2.30. The fourth-order valence-electron chi connectivity index (χ4n) is 2.12. The van der Waals surface area contributed by atoms with Crippen LogP contribution in [0.3, 0.4) is 0 Å². The van der Waals surface area contributed by atoms with Crippen LogP contribution in [0.25, 0.3) is 0 Å². The first-order valence-corrected chi connectivity index (χ1v) is 6.65. The zero-order valence-corrected chi connectivity index (χ0v) is 12.1. The van der Waals surface area contributed by atoms with Crippen LogP contribution >= 0.6 is 0 Å². The summed E-state index contributed by atoms with van der Waals surface area (Å²) in [6, 6.07) is 3.60. The van der Waals surface area contributed by atoms with Gasteiger partial charge < -0.3 is 10.5 Å². The maximum absolute atomic E-state index is 13.8. The van der Waals surface area contributed by atoms with Gasteiger partial charge in [-0.15, -0.1) is 0 Å². The predicted molar refractivity (Wildman–Crippen MR) is 72.7 cm³/mol. The SMILES string of the molecule is CCN(CCC(N)c1c(F)cccc1OC)CC(F)(F)F. The highest BCUT2D eigenvalue weighted by molar-refractivity contribution is 5.37. The lowest BCUT2D eigenvalue weighted by molar-refractivity contribution is -0.145. The van der Waals surface area contributed by atoms with Crippen LogP contribution in [-0.2, 0) is 0 Å². The summed E-state index contributed by atoms with van der Waals surface area (Å²) in [7, 11) is 1.40. The maximum Gasteiger partial charge on any atom is 0.401 e. The minimum absolute atomic E-state index is 0.134. The van der Waals surface area contributed by atoms with E-state index in [1.54, 1.807) is 13.0 Å². The van der Waals surface area contributed by atoms with Crippen LogP contribution in [0.15, 0.2) is 18.2 Å². The number of halogens is 4. The minimum Gasteiger partial charge on any atom is -0.496 e. The Labute approximate surface area is 121 Å². The van der Waals surface area contributed by atoms with Crippen LogP contribution in [0.1, 0.15) is 24.9 Å². The fourth-order valence-corrected chi connectivity index (χ4v) is 2.12. The molecule has 0 bridgehead atoms. The van der Waals surface area contributed by atoms with Gasteiger partial charge in [-0.1, -0.05) is 13.0 Å². The lowest BCUT2D eigenvalue weighted by atomic mass is 10.0. The number of alkyl halides is 3. The van der Waals surface area contributed by atoms with Gasteiger partial charge in [0, 0.05) is 18.2 Å². The first kappa shape index (κ1) is 17.7. The second kappa shape index (κ2) is 7.61. The third-order valence-electron chi connectivity index (χ3n) is 3.21. The molecule has 1 unspecified atom stereocenters. The quantitative estimate of drug-likeness (QED) is 0.787. The van der Waals surface area contributed by atoms with E-state index in [4.69, 9.17) is 10.5 Å². The summed E-state index contributed by atoms with van der Waals surface area (Å²) >= 11 is 0. The van der Waals surface area contributed by atoms with Crippen molar-refractivity contribution in [3.8, 4) is 5.75 Å². The highest BCUT2D eigenvalue weighted by atomic mass is 19.4. The minimum atomic E-state index is -4.25. The van der Waals surface area contributed by atoms with Crippen LogP contribution in [-0.4, -0.2) is 37.8 Å². The fraction of sp³-hybridized carbons (Fsp3) is 0.571. The van der Waals surface area contributed by atoms with Crippen molar-refractivity contribution in [1.29, 1.82) is 0 Å². The highest BCUT2D eigenvalue weighted by Crippen LogP contribution is 2.28. The lowest BCUT2D eigenvalue weighted by Gasteiger charge is -2.24. The van der Waals surface area contributed by atoms with Crippen molar-refractivity contribution in [2.75, 3.05) is 26.7 Å². The van der Waals surface area contributed by atoms with Gasteiger partial charge in [0.15, 0.2) is 0 Å². The maximum atomic E-state index is 13.8. The first-order valence-electron chi connectivity index (χ1n) is 6.65. The van der Waals surface area contributed by atoms with Crippen LogP contribution in [0.2, 0.25) is 0 Å². The Morgan fingerprint density at radius 2 is 2.00 bits per heavy atom. The summed E-state index contributed by atoms with van der Waals surface area (Å²) < 4.78 is 56.0. The molecule has 0 saturated carbocycles. The number of hydrogen-bond donors (Lipinski definition) is 1. The lowest BCUT2D eigenvalue weighted by Crippen LogP contribution is -2.36. The van der Waals surface area contributed by atoms with Crippen molar-refractivity contribution in [3.05, 3.63) is 29.6 Å². The van der Waals surface area contributed by atoms with Crippen molar-refractivity contribution >= 4 is 0 Å². The topological polar surface area (TPSA) is 38.5 Å². The third kappa shape index (κ3) is 5.51. The Kier molecular flexibility index (Phi) is 6.42. The summed E-state index contributed by atoms with van der Waals surface area (Å²) in [6.45, 7) is 1.03. The smallest absolute Gasteiger partial charge is 0.401 e. The van der Waals surface area contributed by atoms with E-state index in [0.29, 0.717) is 5.75 Å². The monoisotopic (exact) mass is 308 g/mol. The summed E-state index contributed by atoms with van der Waals surface area (Å²) in [4.78, 5) is 1.23. The van der Waals surface area contributed by atoms with Crippen molar-refractivity contribution in [1.82, 2.24) is 4.90 Å². The van der Waals surface area contributed by atoms with Crippen molar-refractivity contribution in [2.45, 2.75) is 25.6 Å². The molecule has 7 heteroatoms. The molecule has 0 aromatic heterocycles. The summed E-state index contributed by atoms with van der Waals surface area (Å²) in [5, 5.41) is 0. The Hall–Kier alpha value is -1.34. The molecular formula is C14H20F4N2O. The number of nitrogens with zero attached hydrogens (tertiary/aromatic N) is 1. The van der Waals surface area contributed by atoms with Crippen molar-refractivity contribution < 1.29 is 22.3 Å².